The van der Waals surface area contributed by atoms with E-state index in [1.54, 1.807) is 30.5 Å². The number of halogens is 1. The van der Waals surface area contributed by atoms with Crippen molar-refractivity contribution in [2.45, 2.75) is 38.3 Å². The number of rotatable bonds is 5. The summed E-state index contributed by atoms with van der Waals surface area (Å²) >= 11 is 5.83. The topological polar surface area (TPSA) is 65.5 Å². The lowest BCUT2D eigenvalue weighted by molar-refractivity contribution is -0.128. The van der Waals surface area contributed by atoms with Crippen LogP contribution in [0.3, 0.4) is 0 Å². The summed E-state index contributed by atoms with van der Waals surface area (Å²) < 4.78 is 0. The van der Waals surface area contributed by atoms with Gasteiger partial charge in [-0.05, 0) is 36.6 Å². The number of hydrogen-bond donors (Lipinski definition) is 2. The maximum atomic E-state index is 12.3. The molecule has 2 rings (SSSR count). The second-order valence-corrected chi connectivity index (χ2v) is 6.70. The predicted octanol–water partition coefficient (Wildman–Crippen LogP) is 2.10. The molecule has 6 heteroatoms. The zero-order chi connectivity index (χ0) is 16.9. The third-order valence-corrected chi connectivity index (χ3v) is 4.31. The molecule has 0 atom stereocenters. The summed E-state index contributed by atoms with van der Waals surface area (Å²) in [6.45, 7) is 5.51. The van der Waals surface area contributed by atoms with Crippen LogP contribution < -0.4 is 5.32 Å². The quantitative estimate of drug-likeness (QED) is 0.638. The molecule has 2 N–H and O–H groups in total. The van der Waals surface area contributed by atoms with Crippen molar-refractivity contribution in [1.82, 2.24) is 15.2 Å². The Morgan fingerprint density at radius 2 is 2.22 bits per heavy atom. The van der Waals surface area contributed by atoms with Crippen LogP contribution in [0.15, 0.2) is 24.4 Å². The number of carbonyl (C=O) groups excluding carboxylic acids is 1. The number of pyridine rings is 1. The number of aromatic nitrogens is 1. The minimum Gasteiger partial charge on any atom is -0.394 e. The summed E-state index contributed by atoms with van der Waals surface area (Å²) in [4.78, 5) is 18.0. The van der Waals surface area contributed by atoms with Crippen LogP contribution in [-0.4, -0.2) is 52.2 Å². The first kappa shape index (κ1) is 17.9. The summed E-state index contributed by atoms with van der Waals surface area (Å²) in [6, 6.07) is 3.82. The van der Waals surface area contributed by atoms with E-state index in [-0.39, 0.29) is 18.1 Å². The highest BCUT2D eigenvalue weighted by molar-refractivity contribution is 6.29. The van der Waals surface area contributed by atoms with Crippen molar-refractivity contribution in [3.8, 4) is 0 Å². The molecule has 1 amide bonds. The fraction of sp³-hybridized carbons (Fsp3) is 0.529. The van der Waals surface area contributed by atoms with Crippen LogP contribution in [0.4, 0.5) is 0 Å². The number of likely N-dealkylation sites (tertiary alicyclic amines) is 1. The molecular formula is C17H24ClN3O2. The highest BCUT2D eigenvalue weighted by Gasteiger charge is 2.35. The number of hydrogen-bond acceptors (Lipinski definition) is 4. The molecular weight excluding hydrogens is 314 g/mol. The molecule has 0 aromatic carbocycles. The first-order valence-electron chi connectivity index (χ1n) is 7.91. The molecule has 5 nitrogen and oxygen atoms in total. The van der Waals surface area contributed by atoms with Gasteiger partial charge >= 0.3 is 0 Å². The van der Waals surface area contributed by atoms with Gasteiger partial charge in [-0.2, -0.15) is 0 Å². The Labute approximate surface area is 142 Å². The predicted molar refractivity (Wildman–Crippen MR) is 92.2 cm³/mol. The van der Waals surface area contributed by atoms with Gasteiger partial charge in [-0.1, -0.05) is 25.4 Å². The molecule has 126 valence electrons. The summed E-state index contributed by atoms with van der Waals surface area (Å²) in [5, 5.41) is 13.5. The molecule has 1 aliphatic rings. The van der Waals surface area contributed by atoms with Gasteiger partial charge in [0.15, 0.2) is 0 Å². The maximum Gasteiger partial charge on any atom is 0.246 e. The van der Waals surface area contributed by atoms with Gasteiger partial charge in [0.2, 0.25) is 5.91 Å². The van der Waals surface area contributed by atoms with E-state index in [1.807, 2.05) is 4.90 Å². The normalized spacial score (nSPS) is 17.9. The Balaban J connectivity index is 1.93. The van der Waals surface area contributed by atoms with E-state index in [9.17, 15) is 9.90 Å². The van der Waals surface area contributed by atoms with E-state index in [0.717, 1.165) is 18.4 Å². The number of aliphatic hydroxyl groups excluding tert-OH is 1. The third-order valence-electron chi connectivity index (χ3n) is 4.10. The van der Waals surface area contributed by atoms with Crippen LogP contribution >= 0.6 is 11.6 Å². The molecule has 0 radical (unpaired) electrons. The summed E-state index contributed by atoms with van der Waals surface area (Å²) in [7, 11) is 0. The lowest BCUT2D eigenvalue weighted by Gasteiger charge is -2.42. The van der Waals surface area contributed by atoms with E-state index in [0.29, 0.717) is 24.3 Å². The zero-order valence-electron chi connectivity index (χ0n) is 13.6. The van der Waals surface area contributed by atoms with Crippen LogP contribution in [0.1, 0.15) is 32.3 Å². The monoisotopic (exact) mass is 337 g/mol. The highest BCUT2D eigenvalue weighted by Crippen LogP contribution is 2.23. The van der Waals surface area contributed by atoms with E-state index >= 15 is 0 Å². The lowest BCUT2D eigenvalue weighted by atomic mass is 9.87. The average Bonchev–Trinajstić information content (AvgIpc) is 2.53. The van der Waals surface area contributed by atoms with Crippen molar-refractivity contribution in [3.05, 3.63) is 35.1 Å². The second-order valence-electron chi connectivity index (χ2n) is 6.31. The minimum atomic E-state index is -0.271. The van der Waals surface area contributed by atoms with E-state index in [2.05, 4.69) is 24.1 Å². The van der Waals surface area contributed by atoms with Crippen molar-refractivity contribution in [2.75, 3.05) is 19.7 Å². The van der Waals surface area contributed by atoms with E-state index in [1.165, 1.54) is 0 Å². The molecule has 1 aromatic heterocycles. The van der Waals surface area contributed by atoms with Crippen molar-refractivity contribution in [2.24, 2.45) is 0 Å². The van der Waals surface area contributed by atoms with Gasteiger partial charge in [-0.3, -0.25) is 4.79 Å². The van der Waals surface area contributed by atoms with Crippen molar-refractivity contribution in [1.29, 1.82) is 0 Å². The van der Waals surface area contributed by atoms with Crippen LogP contribution in [0, 0.1) is 0 Å². The maximum absolute atomic E-state index is 12.3. The Bertz CT molecular complexity index is 567. The van der Waals surface area contributed by atoms with Crippen LogP contribution in [-0.2, 0) is 4.79 Å². The number of amides is 1. The Kier molecular flexibility index (Phi) is 6.16. The molecule has 2 heterocycles. The second kappa shape index (κ2) is 7.90. The number of piperidine rings is 1. The fourth-order valence-electron chi connectivity index (χ4n) is 2.91. The van der Waals surface area contributed by atoms with Crippen LogP contribution in [0.25, 0.3) is 6.08 Å². The van der Waals surface area contributed by atoms with Crippen LogP contribution in [0.2, 0.25) is 5.15 Å². The number of nitrogens with one attached hydrogen (secondary N) is 1. The molecule has 23 heavy (non-hydrogen) atoms. The Morgan fingerprint density at radius 3 is 2.78 bits per heavy atom. The number of aliphatic hydroxyl groups is 1. The van der Waals surface area contributed by atoms with Gasteiger partial charge in [0.25, 0.3) is 0 Å². The van der Waals surface area contributed by atoms with Crippen molar-refractivity contribution < 1.29 is 9.90 Å². The Morgan fingerprint density at radius 1 is 1.52 bits per heavy atom. The number of carbonyl (C=O) groups is 1. The summed E-state index contributed by atoms with van der Waals surface area (Å²) in [5.41, 5.74) is 0.578. The van der Waals surface area contributed by atoms with Gasteiger partial charge < -0.3 is 15.3 Å². The molecule has 0 unspecified atom stereocenters. The van der Waals surface area contributed by atoms with E-state index in [4.69, 9.17) is 11.6 Å². The summed E-state index contributed by atoms with van der Waals surface area (Å²) in [5.74, 6) is -0.0194. The highest BCUT2D eigenvalue weighted by atomic mass is 35.5. The minimum absolute atomic E-state index is 0.0194. The SMILES string of the molecule is CC(C)NC1(CO)CCN(C(=O)C=Cc2ccnc(Cl)c2)CC1. The molecule has 0 aliphatic carbocycles. The molecule has 0 saturated carbocycles. The van der Waals surface area contributed by atoms with Crippen LogP contribution in [0.5, 0.6) is 0 Å². The molecule has 1 aliphatic heterocycles. The first-order chi connectivity index (χ1) is 10.9. The molecule has 1 fully saturated rings. The number of nitrogens with zero attached hydrogens (tertiary/aromatic N) is 2. The van der Waals surface area contributed by atoms with Crippen molar-refractivity contribution >= 4 is 23.6 Å². The first-order valence-corrected chi connectivity index (χ1v) is 8.29. The third kappa shape index (κ3) is 5.03. The van der Waals surface area contributed by atoms with Crippen molar-refractivity contribution in [3.63, 3.8) is 0 Å². The smallest absolute Gasteiger partial charge is 0.246 e. The zero-order valence-corrected chi connectivity index (χ0v) is 14.4. The molecule has 1 saturated heterocycles. The molecule has 0 bridgehead atoms. The molecule has 0 spiro atoms. The van der Waals surface area contributed by atoms with Gasteiger partial charge in [-0.15, -0.1) is 0 Å². The lowest BCUT2D eigenvalue weighted by Crippen LogP contribution is -2.58. The summed E-state index contributed by atoms with van der Waals surface area (Å²) in [6.07, 6.45) is 6.43. The average molecular weight is 338 g/mol. The van der Waals surface area contributed by atoms with Gasteiger partial charge in [0, 0.05) is 36.9 Å². The van der Waals surface area contributed by atoms with E-state index < -0.39 is 0 Å². The van der Waals surface area contributed by atoms with Gasteiger partial charge in [-0.25, -0.2) is 4.98 Å². The van der Waals surface area contributed by atoms with Gasteiger partial charge in [0.05, 0.1) is 6.61 Å². The fourth-order valence-corrected chi connectivity index (χ4v) is 3.09. The Hall–Kier alpha value is -1.43. The largest absolute Gasteiger partial charge is 0.394 e. The standard InChI is InChI=1S/C17H24ClN3O2/c1-13(2)20-17(12-22)6-9-21(10-7-17)16(23)4-3-14-5-8-19-15(18)11-14/h3-5,8,11,13,20,22H,6-7,9-10,12H2,1-2H3. The molecule has 1 aromatic rings. The van der Waals surface area contributed by atoms with Gasteiger partial charge in [0.1, 0.15) is 5.15 Å².